The van der Waals surface area contributed by atoms with Crippen molar-refractivity contribution in [3.8, 4) is 0 Å². The second kappa shape index (κ2) is 8.58. The summed E-state index contributed by atoms with van der Waals surface area (Å²) in [5, 5.41) is 10.2. The zero-order valence-corrected chi connectivity index (χ0v) is 14.2. The van der Waals surface area contributed by atoms with Crippen LogP contribution in [0.3, 0.4) is 0 Å². The number of rotatable bonds is 8. The first-order valence-electron chi connectivity index (χ1n) is 9.07. The molecule has 1 unspecified atom stereocenters. The van der Waals surface area contributed by atoms with Gasteiger partial charge in [-0.05, 0) is 55.2 Å². The lowest BCUT2D eigenvalue weighted by atomic mass is 10.0. The van der Waals surface area contributed by atoms with Crippen molar-refractivity contribution in [2.45, 2.75) is 56.7 Å². The smallest absolute Gasteiger partial charge is 0.0832 e. The summed E-state index contributed by atoms with van der Waals surface area (Å²) in [6.07, 6.45) is 10.7. The van der Waals surface area contributed by atoms with E-state index in [4.69, 9.17) is 5.73 Å². The maximum Gasteiger partial charge on any atom is 0.0832 e. The van der Waals surface area contributed by atoms with Gasteiger partial charge in [0.15, 0.2) is 0 Å². The molecule has 2 aliphatic rings. The molecule has 4 nitrogen and oxygen atoms in total. The standard InChI is InChI=1S/C20H29N3O/c21-19(12-15-6-2-1-3-7-15)20(24)14-22-23-18-11-10-17(13-18)16-8-4-5-9-16/h1-3,6-8,10,18-20,22-24H,4-5,9,11-14,21H2/t18?,19-,20+/m0/s1. The average Bonchev–Trinajstić information content (AvgIpc) is 3.27. The minimum atomic E-state index is -0.566. The molecule has 1 aromatic carbocycles. The average molecular weight is 327 g/mol. The molecule has 0 saturated carbocycles. The van der Waals surface area contributed by atoms with Crippen molar-refractivity contribution in [3.05, 3.63) is 59.2 Å². The van der Waals surface area contributed by atoms with E-state index in [1.807, 2.05) is 30.3 Å². The molecule has 0 fully saturated rings. The molecule has 3 rings (SSSR count). The summed E-state index contributed by atoms with van der Waals surface area (Å²) in [5.74, 6) is 0. The zero-order valence-electron chi connectivity index (χ0n) is 14.2. The van der Waals surface area contributed by atoms with Crippen LogP contribution >= 0.6 is 0 Å². The molecule has 3 atom stereocenters. The molecule has 0 saturated heterocycles. The molecule has 0 heterocycles. The Balaban J connectivity index is 1.34. The Bertz CT molecular complexity index is 582. The number of hydrogen-bond donors (Lipinski definition) is 4. The van der Waals surface area contributed by atoms with Crippen LogP contribution in [0.4, 0.5) is 0 Å². The third kappa shape index (κ3) is 4.77. The largest absolute Gasteiger partial charge is 0.390 e. The van der Waals surface area contributed by atoms with E-state index in [-0.39, 0.29) is 6.04 Å². The van der Waals surface area contributed by atoms with Crippen LogP contribution in [0, 0.1) is 0 Å². The van der Waals surface area contributed by atoms with E-state index in [1.165, 1.54) is 24.8 Å². The predicted molar refractivity (Wildman–Crippen MR) is 98.3 cm³/mol. The van der Waals surface area contributed by atoms with E-state index in [0.29, 0.717) is 19.0 Å². The zero-order chi connectivity index (χ0) is 16.8. The number of nitrogens with two attached hydrogens (primary N) is 1. The van der Waals surface area contributed by atoms with E-state index < -0.39 is 6.10 Å². The van der Waals surface area contributed by atoms with Crippen molar-refractivity contribution in [2.75, 3.05) is 6.54 Å². The van der Waals surface area contributed by atoms with Gasteiger partial charge in [0, 0.05) is 18.6 Å². The van der Waals surface area contributed by atoms with Crippen molar-refractivity contribution in [3.63, 3.8) is 0 Å². The summed E-state index contributed by atoms with van der Waals surface area (Å²) in [6, 6.07) is 10.2. The lowest BCUT2D eigenvalue weighted by molar-refractivity contribution is 0.135. The molecule has 5 N–H and O–H groups in total. The van der Waals surface area contributed by atoms with Gasteiger partial charge in [0.05, 0.1) is 6.10 Å². The second-order valence-corrected chi connectivity index (χ2v) is 6.93. The van der Waals surface area contributed by atoms with Gasteiger partial charge in [-0.3, -0.25) is 10.9 Å². The molecule has 2 aliphatic carbocycles. The van der Waals surface area contributed by atoms with Gasteiger partial charge in [-0.25, -0.2) is 0 Å². The molecule has 0 amide bonds. The van der Waals surface area contributed by atoms with Crippen LogP contribution in [0.1, 0.15) is 37.7 Å². The SMILES string of the molecule is N[C@@H](Cc1ccccc1)[C@H](O)CNNC1CC=C(C2=CCCC2)C1. The van der Waals surface area contributed by atoms with Crippen LogP contribution in [0.2, 0.25) is 0 Å². The number of allylic oxidation sites excluding steroid dienone is 2. The molecule has 1 aromatic rings. The van der Waals surface area contributed by atoms with Gasteiger partial charge in [0.2, 0.25) is 0 Å². The Morgan fingerprint density at radius 1 is 1.17 bits per heavy atom. The third-order valence-corrected chi connectivity index (χ3v) is 4.99. The van der Waals surface area contributed by atoms with Crippen molar-refractivity contribution in [2.24, 2.45) is 5.73 Å². The molecule has 0 spiro atoms. The Morgan fingerprint density at radius 2 is 2.00 bits per heavy atom. The van der Waals surface area contributed by atoms with Gasteiger partial charge >= 0.3 is 0 Å². The highest BCUT2D eigenvalue weighted by atomic mass is 16.3. The van der Waals surface area contributed by atoms with Gasteiger partial charge in [-0.15, -0.1) is 0 Å². The third-order valence-electron chi connectivity index (χ3n) is 4.99. The number of benzene rings is 1. The highest BCUT2D eigenvalue weighted by molar-refractivity contribution is 5.36. The highest BCUT2D eigenvalue weighted by Crippen LogP contribution is 2.31. The van der Waals surface area contributed by atoms with Crippen LogP contribution in [0.15, 0.2) is 53.6 Å². The molecular weight excluding hydrogens is 298 g/mol. The molecular formula is C20H29N3O. The fourth-order valence-electron chi connectivity index (χ4n) is 3.53. The summed E-state index contributed by atoms with van der Waals surface area (Å²) in [5.41, 5.74) is 16.8. The van der Waals surface area contributed by atoms with Gasteiger partial charge in [-0.2, -0.15) is 0 Å². The van der Waals surface area contributed by atoms with E-state index in [9.17, 15) is 5.11 Å². The number of hydrazine groups is 1. The molecule has 130 valence electrons. The van der Waals surface area contributed by atoms with Gasteiger partial charge in [0.1, 0.15) is 0 Å². The first-order chi connectivity index (χ1) is 11.7. The van der Waals surface area contributed by atoms with Crippen molar-refractivity contribution >= 4 is 0 Å². The van der Waals surface area contributed by atoms with Crippen LogP contribution in [-0.2, 0) is 6.42 Å². The van der Waals surface area contributed by atoms with Gasteiger partial charge in [0.25, 0.3) is 0 Å². The minimum Gasteiger partial charge on any atom is -0.390 e. The van der Waals surface area contributed by atoms with Gasteiger partial charge < -0.3 is 10.8 Å². The van der Waals surface area contributed by atoms with E-state index in [0.717, 1.165) is 18.4 Å². The van der Waals surface area contributed by atoms with Gasteiger partial charge in [-0.1, -0.05) is 42.5 Å². The lowest BCUT2D eigenvalue weighted by Gasteiger charge is -2.21. The molecule has 0 aromatic heterocycles. The predicted octanol–water partition coefficient (Wildman–Crippen LogP) is 2.21. The molecule has 0 aliphatic heterocycles. The lowest BCUT2D eigenvalue weighted by Crippen LogP contribution is -2.49. The topological polar surface area (TPSA) is 70.3 Å². The quantitative estimate of drug-likeness (QED) is 0.553. The van der Waals surface area contributed by atoms with Crippen molar-refractivity contribution < 1.29 is 5.11 Å². The van der Waals surface area contributed by atoms with E-state index in [1.54, 1.807) is 5.57 Å². The molecule has 0 bridgehead atoms. The summed E-state index contributed by atoms with van der Waals surface area (Å²) >= 11 is 0. The van der Waals surface area contributed by atoms with Crippen LogP contribution in [0.5, 0.6) is 0 Å². The minimum absolute atomic E-state index is 0.261. The number of nitrogens with one attached hydrogen (secondary N) is 2. The fraction of sp³-hybridized carbons (Fsp3) is 0.500. The Labute approximate surface area is 144 Å². The summed E-state index contributed by atoms with van der Waals surface area (Å²) in [7, 11) is 0. The number of hydrogen-bond acceptors (Lipinski definition) is 4. The fourth-order valence-corrected chi connectivity index (χ4v) is 3.53. The summed E-state index contributed by atoms with van der Waals surface area (Å²) < 4.78 is 0. The van der Waals surface area contributed by atoms with E-state index in [2.05, 4.69) is 23.0 Å². The Hall–Kier alpha value is -1.46. The number of aliphatic hydroxyl groups excluding tert-OH is 1. The van der Waals surface area contributed by atoms with Crippen molar-refractivity contribution in [1.29, 1.82) is 0 Å². The normalized spacial score (nSPS) is 23.0. The number of aliphatic hydroxyl groups is 1. The maximum atomic E-state index is 10.2. The highest BCUT2D eigenvalue weighted by Gasteiger charge is 2.21. The van der Waals surface area contributed by atoms with Crippen LogP contribution in [-0.4, -0.2) is 29.8 Å². The van der Waals surface area contributed by atoms with Crippen molar-refractivity contribution in [1.82, 2.24) is 10.9 Å². The van der Waals surface area contributed by atoms with Crippen LogP contribution < -0.4 is 16.6 Å². The molecule has 0 radical (unpaired) electrons. The monoisotopic (exact) mass is 327 g/mol. The first kappa shape index (κ1) is 17.4. The Kier molecular flexibility index (Phi) is 6.21. The Morgan fingerprint density at radius 3 is 2.75 bits per heavy atom. The first-order valence-corrected chi connectivity index (χ1v) is 9.07. The van der Waals surface area contributed by atoms with Crippen LogP contribution in [0.25, 0.3) is 0 Å². The molecule has 24 heavy (non-hydrogen) atoms. The maximum absolute atomic E-state index is 10.2. The summed E-state index contributed by atoms with van der Waals surface area (Å²) in [6.45, 7) is 0.461. The van der Waals surface area contributed by atoms with E-state index >= 15 is 0 Å². The molecule has 4 heteroatoms. The second-order valence-electron chi connectivity index (χ2n) is 6.93. The summed E-state index contributed by atoms with van der Waals surface area (Å²) in [4.78, 5) is 0.